The van der Waals surface area contributed by atoms with E-state index in [4.69, 9.17) is 0 Å². The first-order valence-corrected chi connectivity index (χ1v) is 7.99. The minimum absolute atomic E-state index is 0.214. The van der Waals surface area contributed by atoms with E-state index in [1.165, 1.54) is 38.5 Å². The van der Waals surface area contributed by atoms with E-state index in [2.05, 4.69) is 17.1 Å². The second kappa shape index (κ2) is 9.62. The van der Waals surface area contributed by atoms with Gasteiger partial charge in [0.05, 0.1) is 11.4 Å². The second-order valence-electron chi connectivity index (χ2n) is 5.63. The summed E-state index contributed by atoms with van der Waals surface area (Å²) in [5.41, 5.74) is 2.32. The highest BCUT2D eigenvalue weighted by Crippen LogP contribution is 2.13. The molecule has 3 nitrogen and oxygen atoms in total. The zero-order valence-corrected chi connectivity index (χ0v) is 13.2. The van der Waals surface area contributed by atoms with Crippen LogP contribution >= 0.6 is 0 Å². The molecule has 20 heavy (non-hydrogen) atoms. The van der Waals surface area contributed by atoms with E-state index in [0.29, 0.717) is 6.42 Å². The number of aromatic nitrogens is 2. The molecule has 0 unspecified atom stereocenters. The summed E-state index contributed by atoms with van der Waals surface area (Å²) in [5, 5.41) is 7.98. The van der Waals surface area contributed by atoms with Crippen LogP contribution in [0, 0.1) is 13.8 Å². The second-order valence-corrected chi connectivity index (χ2v) is 5.63. The van der Waals surface area contributed by atoms with Gasteiger partial charge in [0.1, 0.15) is 0 Å². The van der Waals surface area contributed by atoms with Crippen molar-refractivity contribution in [1.82, 2.24) is 10.2 Å². The molecule has 0 aliphatic heterocycles. The molecule has 0 saturated heterocycles. The van der Waals surface area contributed by atoms with Crippen molar-refractivity contribution in [2.45, 2.75) is 78.6 Å². The van der Waals surface area contributed by atoms with Crippen LogP contribution in [-0.2, 0) is 0 Å². The van der Waals surface area contributed by atoms with E-state index in [-0.39, 0.29) is 5.78 Å². The molecule has 0 saturated carbocycles. The molecular weight excluding hydrogens is 248 g/mol. The van der Waals surface area contributed by atoms with Crippen LogP contribution in [0.1, 0.15) is 86.5 Å². The predicted molar refractivity (Wildman–Crippen MR) is 83.1 cm³/mol. The van der Waals surface area contributed by atoms with Gasteiger partial charge in [-0.3, -0.25) is 4.79 Å². The van der Waals surface area contributed by atoms with Gasteiger partial charge in [-0.1, -0.05) is 51.9 Å². The lowest BCUT2D eigenvalue weighted by atomic mass is 10.0. The van der Waals surface area contributed by atoms with Gasteiger partial charge in [0.15, 0.2) is 5.78 Å². The predicted octanol–water partition coefficient (Wildman–Crippen LogP) is 4.81. The van der Waals surface area contributed by atoms with E-state index in [1.807, 2.05) is 19.9 Å². The minimum atomic E-state index is 0.214. The van der Waals surface area contributed by atoms with Crippen molar-refractivity contribution in [3.63, 3.8) is 0 Å². The maximum atomic E-state index is 12.1. The molecule has 0 N–H and O–H groups in total. The molecule has 0 atom stereocenters. The molecule has 1 aromatic rings. The van der Waals surface area contributed by atoms with Crippen molar-refractivity contribution in [2.75, 3.05) is 0 Å². The van der Waals surface area contributed by atoms with E-state index in [0.717, 1.165) is 29.8 Å². The van der Waals surface area contributed by atoms with Crippen LogP contribution in [0.15, 0.2) is 6.07 Å². The highest BCUT2D eigenvalue weighted by molar-refractivity contribution is 5.96. The molecule has 0 fully saturated rings. The number of unbranched alkanes of at least 4 members (excludes halogenated alkanes) is 7. The lowest BCUT2D eigenvalue weighted by Crippen LogP contribution is -2.05. The van der Waals surface area contributed by atoms with Gasteiger partial charge < -0.3 is 0 Å². The first-order valence-electron chi connectivity index (χ1n) is 7.99. The van der Waals surface area contributed by atoms with Crippen LogP contribution in [0.2, 0.25) is 0 Å². The van der Waals surface area contributed by atoms with Crippen LogP contribution in [0.5, 0.6) is 0 Å². The maximum Gasteiger partial charge on any atom is 0.164 e. The Balaban J connectivity index is 2.18. The molecule has 0 radical (unpaired) electrons. The lowest BCUT2D eigenvalue weighted by Gasteiger charge is -2.05. The molecule has 1 aromatic heterocycles. The van der Waals surface area contributed by atoms with Gasteiger partial charge >= 0.3 is 0 Å². The first kappa shape index (κ1) is 16.8. The summed E-state index contributed by atoms with van der Waals surface area (Å²) in [6, 6.07) is 1.86. The van der Waals surface area contributed by atoms with E-state index >= 15 is 0 Å². The van der Waals surface area contributed by atoms with Gasteiger partial charge in [0, 0.05) is 12.0 Å². The average Bonchev–Trinajstić information content (AvgIpc) is 2.44. The number of carbonyl (C=O) groups excluding carboxylic acids is 1. The van der Waals surface area contributed by atoms with Gasteiger partial charge in [-0.2, -0.15) is 10.2 Å². The quantitative estimate of drug-likeness (QED) is 0.455. The van der Waals surface area contributed by atoms with E-state index in [9.17, 15) is 4.79 Å². The Morgan fingerprint density at radius 3 is 2.20 bits per heavy atom. The largest absolute Gasteiger partial charge is 0.294 e. The number of hydrogen-bond acceptors (Lipinski definition) is 3. The SMILES string of the molecule is CCCCCCCCCCC(=O)c1cc(C)nnc1C. The number of aryl methyl sites for hydroxylation is 2. The van der Waals surface area contributed by atoms with Gasteiger partial charge in [-0.15, -0.1) is 0 Å². The Morgan fingerprint density at radius 1 is 0.950 bits per heavy atom. The normalized spacial score (nSPS) is 10.8. The van der Waals surface area contributed by atoms with Crippen molar-refractivity contribution >= 4 is 5.78 Å². The fourth-order valence-electron chi connectivity index (χ4n) is 2.39. The summed E-state index contributed by atoms with van der Waals surface area (Å²) in [4.78, 5) is 12.1. The number of Topliss-reactive ketones (excluding diaryl/α,β-unsaturated/α-hetero) is 1. The number of rotatable bonds is 10. The van der Waals surface area contributed by atoms with Crippen LogP contribution in [0.4, 0.5) is 0 Å². The highest BCUT2D eigenvalue weighted by Gasteiger charge is 2.10. The molecule has 0 aromatic carbocycles. The molecule has 1 rings (SSSR count). The molecule has 1 heterocycles. The Kier molecular flexibility index (Phi) is 8.08. The van der Waals surface area contributed by atoms with Crippen molar-refractivity contribution < 1.29 is 4.79 Å². The summed E-state index contributed by atoms with van der Waals surface area (Å²) in [7, 11) is 0. The van der Waals surface area contributed by atoms with Gasteiger partial charge in [-0.25, -0.2) is 0 Å². The number of nitrogens with zero attached hydrogens (tertiary/aromatic N) is 2. The van der Waals surface area contributed by atoms with Crippen molar-refractivity contribution in [1.29, 1.82) is 0 Å². The van der Waals surface area contributed by atoms with Crippen molar-refractivity contribution in [3.05, 3.63) is 23.0 Å². The third-order valence-corrected chi connectivity index (χ3v) is 3.66. The van der Waals surface area contributed by atoms with Crippen LogP contribution in [-0.4, -0.2) is 16.0 Å². The molecule has 0 aliphatic carbocycles. The maximum absolute atomic E-state index is 12.1. The van der Waals surface area contributed by atoms with Crippen LogP contribution in [0.25, 0.3) is 0 Å². The minimum Gasteiger partial charge on any atom is -0.294 e. The smallest absolute Gasteiger partial charge is 0.164 e. The standard InChI is InChI=1S/C17H28N2O/c1-4-5-6-7-8-9-10-11-12-17(20)16-13-14(2)18-19-15(16)3/h13H,4-12H2,1-3H3. The molecule has 0 spiro atoms. The zero-order chi connectivity index (χ0) is 14.8. The summed E-state index contributed by atoms with van der Waals surface area (Å²) < 4.78 is 0. The highest BCUT2D eigenvalue weighted by atomic mass is 16.1. The summed E-state index contributed by atoms with van der Waals surface area (Å²) >= 11 is 0. The van der Waals surface area contributed by atoms with Crippen molar-refractivity contribution in [2.24, 2.45) is 0 Å². The molecule has 3 heteroatoms. The molecule has 112 valence electrons. The first-order chi connectivity index (χ1) is 9.65. The van der Waals surface area contributed by atoms with E-state index < -0.39 is 0 Å². The number of ketones is 1. The van der Waals surface area contributed by atoms with Crippen LogP contribution < -0.4 is 0 Å². The molecule has 0 amide bonds. The van der Waals surface area contributed by atoms with Gasteiger partial charge in [-0.05, 0) is 26.3 Å². The van der Waals surface area contributed by atoms with Gasteiger partial charge in [0.2, 0.25) is 0 Å². The number of hydrogen-bond donors (Lipinski definition) is 0. The lowest BCUT2D eigenvalue weighted by molar-refractivity contribution is 0.0977. The number of carbonyl (C=O) groups is 1. The summed E-state index contributed by atoms with van der Waals surface area (Å²) in [6.45, 7) is 5.97. The molecule has 0 aliphatic rings. The van der Waals surface area contributed by atoms with Crippen molar-refractivity contribution in [3.8, 4) is 0 Å². The molecule has 0 bridgehead atoms. The summed E-state index contributed by atoms with van der Waals surface area (Å²) in [5.74, 6) is 0.214. The third-order valence-electron chi connectivity index (χ3n) is 3.66. The fraction of sp³-hybridized carbons (Fsp3) is 0.706. The third kappa shape index (κ3) is 6.27. The average molecular weight is 276 g/mol. The molecular formula is C17H28N2O. The Labute approximate surface area is 123 Å². The van der Waals surface area contributed by atoms with Gasteiger partial charge in [0.25, 0.3) is 0 Å². The monoisotopic (exact) mass is 276 g/mol. The zero-order valence-electron chi connectivity index (χ0n) is 13.2. The Hall–Kier alpha value is -1.25. The summed E-state index contributed by atoms with van der Waals surface area (Å²) in [6.07, 6.45) is 10.7. The topological polar surface area (TPSA) is 42.9 Å². The fourth-order valence-corrected chi connectivity index (χ4v) is 2.39. The Bertz CT molecular complexity index is 415. The Morgan fingerprint density at radius 2 is 1.55 bits per heavy atom. The van der Waals surface area contributed by atoms with E-state index in [1.54, 1.807) is 0 Å². The van der Waals surface area contributed by atoms with Crippen LogP contribution in [0.3, 0.4) is 0 Å².